The Balaban J connectivity index is 0. The molecule has 0 aliphatic heterocycles. The van der Waals surface area contributed by atoms with Gasteiger partial charge in [-0.1, -0.05) is 0 Å². The van der Waals surface area contributed by atoms with Crippen LogP contribution in [0.5, 0.6) is 0 Å². The summed E-state index contributed by atoms with van der Waals surface area (Å²) in [7, 11) is 6.00. The molecule has 10 heavy (non-hydrogen) atoms. The molecule has 0 aromatic carbocycles. The van der Waals surface area contributed by atoms with Crippen molar-refractivity contribution < 1.29 is 26.2 Å². The average Bonchev–Trinajstić information content (AvgIpc) is 2.11. The van der Waals surface area contributed by atoms with E-state index >= 15 is 0 Å². The Kier molecular flexibility index (Phi) is 11.6. The molecule has 0 radical (unpaired) electrons. The molecular formula is C7H13N2Zr-. The van der Waals surface area contributed by atoms with Gasteiger partial charge in [0.15, 0.2) is 0 Å². The van der Waals surface area contributed by atoms with Gasteiger partial charge >= 0.3 is 0 Å². The van der Waals surface area contributed by atoms with Crippen LogP contribution in [0.25, 0.3) is 0 Å². The quantitative estimate of drug-likeness (QED) is 0.641. The smallest absolute Gasteiger partial charge is 0 e. The van der Waals surface area contributed by atoms with Crippen molar-refractivity contribution in [2.24, 2.45) is 0 Å². The topological polar surface area (TPSA) is 19.0 Å². The van der Waals surface area contributed by atoms with Gasteiger partial charge in [-0.25, -0.2) is 0 Å². The minimum atomic E-state index is 0. The molecule has 0 saturated heterocycles. The standard InChI is InChI=1S/C4H4N.C3H9N.Zr/c1-2-4-5-3-1;1-4(2)3;/h1-3,5H;1-3H3;/q-1;;. The largest absolute Gasteiger partial charge is 0.484 e. The van der Waals surface area contributed by atoms with Gasteiger partial charge in [-0.2, -0.15) is 18.3 Å². The zero-order chi connectivity index (χ0) is 7.11. The first-order chi connectivity index (χ1) is 4.23. The molecule has 0 fully saturated rings. The van der Waals surface area contributed by atoms with Crippen molar-refractivity contribution in [1.82, 2.24) is 9.88 Å². The third-order valence-electron chi connectivity index (χ3n) is 0.442. The third kappa shape index (κ3) is 15.7. The second-order valence-corrected chi connectivity index (χ2v) is 2.16. The van der Waals surface area contributed by atoms with Crippen LogP contribution in [-0.2, 0) is 26.2 Å². The Morgan fingerprint density at radius 3 is 1.90 bits per heavy atom. The summed E-state index contributed by atoms with van der Waals surface area (Å²) in [5.41, 5.74) is 0. The van der Waals surface area contributed by atoms with Crippen LogP contribution in [0.15, 0.2) is 18.3 Å². The molecular weight excluding hydrogens is 203 g/mol. The van der Waals surface area contributed by atoms with Gasteiger partial charge in [-0.05, 0) is 21.1 Å². The van der Waals surface area contributed by atoms with Crippen LogP contribution in [-0.4, -0.2) is 31.0 Å². The summed E-state index contributed by atoms with van der Waals surface area (Å²) >= 11 is 0. The second kappa shape index (κ2) is 9.12. The SMILES string of the molecule is CN(C)C.[Zr].[c-]1ccc[nH]1. The van der Waals surface area contributed by atoms with Gasteiger partial charge in [-0.15, -0.1) is 6.20 Å². The maximum atomic E-state index is 2.74. The second-order valence-electron chi connectivity index (χ2n) is 2.16. The number of aromatic nitrogens is 1. The zero-order valence-electron chi connectivity index (χ0n) is 6.68. The Morgan fingerprint density at radius 2 is 1.80 bits per heavy atom. The number of nitrogens with one attached hydrogen (secondary N) is 1. The summed E-state index contributed by atoms with van der Waals surface area (Å²) in [6.07, 6.45) is 4.56. The first kappa shape index (κ1) is 12.8. The van der Waals surface area contributed by atoms with E-state index in [4.69, 9.17) is 0 Å². The molecule has 1 N–H and O–H groups in total. The molecule has 0 spiro atoms. The van der Waals surface area contributed by atoms with E-state index in [1.807, 2.05) is 44.4 Å². The van der Waals surface area contributed by atoms with Crippen LogP contribution in [0.3, 0.4) is 0 Å². The first-order valence-electron chi connectivity index (χ1n) is 2.84. The maximum absolute atomic E-state index is 2.74. The maximum Gasteiger partial charge on any atom is 0 e. The number of hydrogen-bond acceptors (Lipinski definition) is 1. The Labute approximate surface area is 81.7 Å². The molecule has 3 heteroatoms. The van der Waals surface area contributed by atoms with Gasteiger partial charge in [0.25, 0.3) is 0 Å². The summed E-state index contributed by atoms with van der Waals surface area (Å²) in [4.78, 5) is 4.74. The Bertz CT molecular complexity index is 95.2. The summed E-state index contributed by atoms with van der Waals surface area (Å²) in [6.45, 7) is 0. The van der Waals surface area contributed by atoms with E-state index in [1.165, 1.54) is 0 Å². The van der Waals surface area contributed by atoms with Gasteiger partial charge < -0.3 is 9.88 Å². The van der Waals surface area contributed by atoms with Crippen molar-refractivity contribution in [3.8, 4) is 0 Å². The molecule has 0 amide bonds. The predicted molar refractivity (Wildman–Crippen MR) is 39.2 cm³/mol. The van der Waals surface area contributed by atoms with Crippen molar-refractivity contribution >= 4 is 0 Å². The number of nitrogens with zero attached hydrogens (tertiary/aromatic N) is 1. The van der Waals surface area contributed by atoms with Gasteiger partial charge in [0.05, 0.1) is 0 Å². The van der Waals surface area contributed by atoms with Crippen molar-refractivity contribution in [3.63, 3.8) is 0 Å². The fourth-order valence-corrected chi connectivity index (χ4v) is 0.241. The number of hydrogen-bond donors (Lipinski definition) is 1. The van der Waals surface area contributed by atoms with Crippen molar-refractivity contribution in [1.29, 1.82) is 0 Å². The van der Waals surface area contributed by atoms with E-state index in [0.29, 0.717) is 0 Å². The molecule has 1 aromatic heterocycles. The monoisotopic (exact) mass is 215 g/mol. The Hall–Kier alpha value is 0.123. The molecule has 1 rings (SSSR count). The number of aromatic amines is 1. The van der Waals surface area contributed by atoms with Crippen LogP contribution in [0.2, 0.25) is 0 Å². The molecule has 1 heterocycles. The van der Waals surface area contributed by atoms with Crippen LogP contribution < -0.4 is 0 Å². The van der Waals surface area contributed by atoms with Crippen LogP contribution in [0.1, 0.15) is 0 Å². The molecule has 0 saturated carbocycles. The van der Waals surface area contributed by atoms with E-state index in [9.17, 15) is 0 Å². The molecule has 0 aliphatic carbocycles. The van der Waals surface area contributed by atoms with Gasteiger partial charge in [0, 0.05) is 26.2 Å². The molecule has 1 aromatic rings. The first-order valence-corrected chi connectivity index (χ1v) is 2.84. The molecule has 0 aliphatic rings. The molecule has 0 unspecified atom stereocenters. The minimum Gasteiger partial charge on any atom is -0.484 e. The van der Waals surface area contributed by atoms with E-state index < -0.39 is 0 Å². The van der Waals surface area contributed by atoms with Crippen molar-refractivity contribution in [2.45, 2.75) is 0 Å². The van der Waals surface area contributed by atoms with Crippen LogP contribution in [0, 0.1) is 6.20 Å². The zero-order valence-corrected chi connectivity index (χ0v) is 9.14. The average molecular weight is 216 g/mol. The fourth-order valence-electron chi connectivity index (χ4n) is 0.241. The van der Waals surface area contributed by atoms with Gasteiger partial charge in [0.2, 0.25) is 0 Å². The summed E-state index contributed by atoms with van der Waals surface area (Å²) < 4.78 is 0. The normalized spacial score (nSPS) is 7.60. The minimum absolute atomic E-state index is 0. The van der Waals surface area contributed by atoms with Crippen molar-refractivity contribution in [3.05, 3.63) is 24.5 Å². The van der Waals surface area contributed by atoms with E-state index in [1.54, 1.807) is 0 Å². The Morgan fingerprint density at radius 1 is 1.30 bits per heavy atom. The van der Waals surface area contributed by atoms with Crippen LogP contribution >= 0.6 is 0 Å². The fraction of sp³-hybridized carbons (Fsp3) is 0.429. The van der Waals surface area contributed by atoms with E-state index in [2.05, 4.69) is 11.2 Å². The summed E-state index contributed by atoms with van der Waals surface area (Å²) in [5, 5.41) is 0. The van der Waals surface area contributed by atoms with Crippen molar-refractivity contribution in [2.75, 3.05) is 21.1 Å². The van der Waals surface area contributed by atoms with E-state index in [-0.39, 0.29) is 26.2 Å². The number of H-pyrrole nitrogens is 1. The van der Waals surface area contributed by atoms with Crippen LogP contribution in [0.4, 0.5) is 0 Å². The molecule has 2 nitrogen and oxygen atoms in total. The molecule has 0 atom stereocenters. The summed E-state index contributed by atoms with van der Waals surface area (Å²) in [5.74, 6) is 0. The summed E-state index contributed by atoms with van der Waals surface area (Å²) in [6, 6.07) is 3.71. The van der Waals surface area contributed by atoms with Gasteiger partial charge in [0.1, 0.15) is 0 Å². The predicted octanol–water partition coefficient (Wildman–Crippen LogP) is 0.990. The van der Waals surface area contributed by atoms with E-state index in [0.717, 1.165) is 0 Å². The third-order valence-corrected chi connectivity index (χ3v) is 0.442. The van der Waals surface area contributed by atoms with Gasteiger partial charge in [-0.3, -0.25) is 0 Å². The number of rotatable bonds is 0. The molecule has 0 bridgehead atoms. The molecule has 56 valence electrons.